The Kier molecular flexibility index (Phi) is 4.46. The highest BCUT2D eigenvalue weighted by molar-refractivity contribution is 6.40. The summed E-state index contributed by atoms with van der Waals surface area (Å²) < 4.78 is 0. The number of carboxylic acid groups (broad SMARTS) is 1. The molecule has 0 aliphatic heterocycles. The molecule has 0 aromatic heterocycles. The molecule has 0 heterocycles. The molecule has 5 heteroatoms. The van der Waals surface area contributed by atoms with Crippen LogP contribution in [0.25, 0.3) is 0 Å². The molecule has 1 rings (SSSR count). The van der Waals surface area contributed by atoms with Crippen molar-refractivity contribution in [2.75, 3.05) is 0 Å². The number of aliphatic imine (C=N–C) groups is 1. The van der Waals surface area contributed by atoms with Crippen LogP contribution >= 0.6 is 0 Å². The summed E-state index contributed by atoms with van der Waals surface area (Å²) in [6.45, 7) is 3.52. The van der Waals surface area contributed by atoms with Gasteiger partial charge in [-0.2, -0.15) is 4.99 Å². The fourth-order valence-corrected chi connectivity index (χ4v) is 1.87. The van der Waals surface area contributed by atoms with Crippen LogP contribution in [0, 0.1) is 5.92 Å². The van der Waals surface area contributed by atoms with Crippen molar-refractivity contribution < 1.29 is 14.7 Å². The van der Waals surface area contributed by atoms with Gasteiger partial charge in [0.1, 0.15) is 5.71 Å². The molecule has 1 saturated carbocycles. The van der Waals surface area contributed by atoms with E-state index in [0.717, 1.165) is 25.7 Å². The van der Waals surface area contributed by atoms with Crippen LogP contribution < -0.4 is 5.32 Å². The third-order valence-electron chi connectivity index (χ3n) is 2.69. The Labute approximate surface area is 94.9 Å². The number of rotatable bonds is 3. The van der Waals surface area contributed by atoms with Crippen LogP contribution in [0.3, 0.4) is 0 Å². The first-order valence-corrected chi connectivity index (χ1v) is 5.63. The molecule has 0 spiro atoms. The van der Waals surface area contributed by atoms with Gasteiger partial charge in [-0.1, -0.05) is 26.7 Å². The topological polar surface area (TPSA) is 78.8 Å². The Balaban J connectivity index is 2.63. The predicted molar refractivity (Wildman–Crippen MR) is 60.7 cm³/mol. The van der Waals surface area contributed by atoms with Crippen LogP contribution in [0.5, 0.6) is 0 Å². The van der Waals surface area contributed by atoms with Crippen molar-refractivity contribution in [3.63, 3.8) is 0 Å². The zero-order chi connectivity index (χ0) is 12.1. The Bertz CT molecular complexity index is 304. The average molecular weight is 226 g/mol. The summed E-state index contributed by atoms with van der Waals surface area (Å²) in [5.41, 5.74) is 0.0967. The number of amides is 2. The molecule has 90 valence electrons. The van der Waals surface area contributed by atoms with E-state index < -0.39 is 6.09 Å². The second-order valence-electron chi connectivity index (χ2n) is 4.39. The Morgan fingerprint density at radius 1 is 1.31 bits per heavy atom. The minimum Gasteiger partial charge on any atom is -0.463 e. The van der Waals surface area contributed by atoms with Crippen LogP contribution in [0.4, 0.5) is 4.79 Å². The van der Waals surface area contributed by atoms with E-state index in [0.29, 0.717) is 0 Å². The molecule has 0 aromatic carbocycles. The molecule has 0 saturated heterocycles. The van der Waals surface area contributed by atoms with E-state index in [9.17, 15) is 9.59 Å². The van der Waals surface area contributed by atoms with E-state index in [4.69, 9.17) is 5.11 Å². The van der Waals surface area contributed by atoms with Crippen molar-refractivity contribution in [2.24, 2.45) is 10.9 Å². The minimum absolute atomic E-state index is 0.0967. The van der Waals surface area contributed by atoms with Crippen molar-refractivity contribution in [1.82, 2.24) is 5.32 Å². The first kappa shape index (κ1) is 12.7. The van der Waals surface area contributed by atoms with Crippen LogP contribution in [0.2, 0.25) is 0 Å². The number of carbonyl (C=O) groups is 2. The highest BCUT2D eigenvalue weighted by atomic mass is 16.4. The van der Waals surface area contributed by atoms with E-state index >= 15 is 0 Å². The Morgan fingerprint density at radius 2 is 1.88 bits per heavy atom. The van der Waals surface area contributed by atoms with Gasteiger partial charge in [-0.3, -0.25) is 4.79 Å². The molecule has 1 aliphatic carbocycles. The van der Waals surface area contributed by atoms with Crippen molar-refractivity contribution in [2.45, 2.75) is 45.6 Å². The molecule has 16 heavy (non-hydrogen) atoms. The lowest BCUT2D eigenvalue weighted by atomic mass is 10.1. The molecule has 1 fully saturated rings. The number of nitrogens with zero attached hydrogens (tertiary/aromatic N) is 1. The van der Waals surface area contributed by atoms with E-state index in [2.05, 4.69) is 10.3 Å². The van der Waals surface area contributed by atoms with E-state index in [1.165, 1.54) is 0 Å². The van der Waals surface area contributed by atoms with Gasteiger partial charge in [-0.25, -0.2) is 4.79 Å². The number of hydrogen-bond acceptors (Lipinski definition) is 2. The zero-order valence-electron chi connectivity index (χ0n) is 9.69. The van der Waals surface area contributed by atoms with Crippen LogP contribution in [0.15, 0.2) is 4.99 Å². The first-order chi connectivity index (χ1) is 7.50. The van der Waals surface area contributed by atoms with Crippen molar-refractivity contribution >= 4 is 17.7 Å². The summed E-state index contributed by atoms with van der Waals surface area (Å²) in [6, 6.07) is 0.185. The van der Waals surface area contributed by atoms with Crippen LogP contribution in [-0.2, 0) is 4.79 Å². The minimum atomic E-state index is -1.31. The van der Waals surface area contributed by atoms with Gasteiger partial charge in [0.2, 0.25) is 0 Å². The number of nitrogens with one attached hydrogen (secondary N) is 1. The van der Waals surface area contributed by atoms with Crippen LogP contribution in [0.1, 0.15) is 39.5 Å². The number of carbonyl (C=O) groups excluding carboxylic acids is 1. The lowest BCUT2D eigenvalue weighted by Gasteiger charge is -2.14. The third kappa shape index (κ3) is 3.64. The molecule has 2 N–H and O–H groups in total. The van der Waals surface area contributed by atoms with Gasteiger partial charge < -0.3 is 10.4 Å². The molecule has 0 unspecified atom stereocenters. The molecule has 0 atom stereocenters. The predicted octanol–water partition coefficient (Wildman–Crippen LogP) is 1.82. The quantitative estimate of drug-likeness (QED) is 0.720. The van der Waals surface area contributed by atoms with Gasteiger partial charge in [0.15, 0.2) is 0 Å². The second kappa shape index (κ2) is 5.63. The van der Waals surface area contributed by atoms with Gasteiger partial charge >= 0.3 is 6.09 Å². The molecule has 2 amide bonds. The maximum absolute atomic E-state index is 11.8. The van der Waals surface area contributed by atoms with Crippen molar-refractivity contribution in [1.29, 1.82) is 0 Å². The maximum Gasteiger partial charge on any atom is 0.431 e. The molecule has 1 aliphatic rings. The summed E-state index contributed by atoms with van der Waals surface area (Å²) in [6.07, 6.45) is 2.88. The van der Waals surface area contributed by atoms with Gasteiger partial charge in [0.25, 0.3) is 5.91 Å². The Hall–Kier alpha value is -1.39. The van der Waals surface area contributed by atoms with Crippen molar-refractivity contribution in [3.8, 4) is 0 Å². The fourth-order valence-electron chi connectivity index (χ4n) is 1.87. The average Bonchev–Trinajstić information content (AvgIpc) is 2.65. The molecule has 0 aromatic rings. The highest BCUT2D eigenvalue weighted by Gasteiger charge is 2.22. The lowest BCUT2D eigenvalue weighted by molar-refractivity contribution is -0.115. The van der Waals surface area contributed by atoms with Gasteiger partial charge in [0.05, 0.1) is 0 Å². The highest BCUT2D eigenvalue weighted by Crippen LogP contribution is 2.17. The van der Waals surface area contributed by atoms with Gasteiger partial charge in [0, 0.05) is 12.0 Å². The maximum atomic E-state index is 11.8. The van der Waals surface area contributed by atoms with E-state index in [-0.39, 0.29) is 23.6 Å². The lowest BCUT2D eigenvalue weighted by Crippen LogP contribution is -2.40. The molecular weight excluding hydrogens is 208 g/mol. The summed E-state index contributed by atoms with van der Waals surface area (Å²) in [7, 11) is 0. The Morgan fingerprint density at radius 3 is 2.31 bits per heavy atom. The van der Waals surface area contributed by atoms with E-state index in [1.807, 2.05) is 0 Å². The third-order valence-corrected chi connectivity index (χ3v) is 2.69. The molecule has 0 radical (unpaired) electrons. The normalized spacial score (nSPS) is 17.8. The molecule has 5 nitrogen and oxygen atoms in total. The van der Waals surface area contributed by atoms with E-state index in [1.54, 1.807) is 13.8 Å². The number of hydrogen-bond donors (Lipinski definition) is 2. The second-order valence-corrected chi connectivity index (χ2v) is 4.39. The van der Waals surface area contributed by atoms with Gasteiger partial charge in [-0.15, -0.1) is 0 Å². The zero-order valence-corrected chi connectivity index (χ0v) is 9.69. The monoisotopic (exact) mass is 226 g/mol. The van der Waals surface area contributed by atoms with Crippen LogP contribution in [-0.4, -0.2) is 28.9 Å². The molecule has 0 bridgehead atoms. The SMILES string of the molecule is CC(C)C(=NC(=O)O)C(=O)NC1CCCC1. The van der Waals surface area contributed by atoms with Crippen molar-refractivity contribution in [3.05, 3.63) is 0 Å². The molecular formula is C11H18N2O3. The fraction of sp³-hybridized carbons (Fsp3) is 0.727. The summed E-state index contributed by atoms with van der Waals surface area (Å²) in [5, 5.41) is 11.4. The smallest absolute Gasteiger partial charge is 0.431 e. The summed E-state index contributed by atoms with van der Waals surface area (Å²) >= 11 is 0. The largest absolute Gasteiger partial charge is 0.463 e. The standard InChI is InChI=1S/C11H18N2O3/c1-7(2)9(13-11(15)16)10(14)12-8-5-3-4-6-8/h7-8H,3-6H2,1-2H3,(H,12,14)(H,15,16). The summed E-state index contributed by atoms with van der Waals surface area (Å²) in [5.74, 6) is -0.526. The van der Waals surface area contributed by atoms with Gasteiger partial charge in [-0.05, 0) is 12.8 Å². The first-order valence-electron chi connectivity index (χ1n) is 5.63. The summed E-state index contributed by atoms with van der Waals surface area (Å²) in [4.78, 5) is 25.6.